The Kier molecular flexibility index (Phi) is 1.12. The highest BCUT2D eigenvalue weighted by Gasteiger charge is 2.34. The monoisotopic (exact) mass is 136 g/mol. The summed E-state index contributed by atoms with van der Waals surface area (Å²) in [7, 11) is 0. The van der Waals surface area contributed by atoms with E-state index in [9.17, 15) is 8.78 Å². The van der Waals surface area contributed by atoms with Crippen LogP contribution in [-0.4, -0.2) is 5.79 Å². The first-order chi connectivity index (χ1) is 4.01. The maximum Gasteiger partial charge on any atom is 0.350 e. The molecule has 0 unspecified atom stereocenters. The van der Waals surface area contributed by atoms with Crippen molar-refractivity contribution in [3.05, 3.63) is 12.0 Å². The summed E-state index contributed by atoms with van der Waals surface area (Å²) in [6.07, 6.45) is 0. The van der Waals surface area contributed by atoms with Crippen LogP contribution in [0.1, 0.15) is 13.8 Å². The van der Waals surface area contributed by atoms with Gasteiger partial charge in [-0.05, 0) is 0 Å². The second-order valence-electron chi connectivity index (χ2n) is 2.15. The molecule has 0 aromatic carbocycles. The molecule has 0 fully saturated rings. The topological polar surface area (TPSA) is 18.5 Å². The van der Waals surface area contributed by atoms with Gasteiger partial charge in [-0.2, -0.15) is 8.78 Å². The highest BCUT2D eigenvalue weighted by Crippen LogP contribution is 2.31. The summed E-state index contributed by atoms with van der Waals surface area (Å²) in [6, 6.07) is -2.56. The summed E-state index contributed by atoms with van der Waals surface area (Å²) < 4.78 is 32.5. The van der Waals surface area contributed by atoms with Gasteiger partial charge < -0.3 is 9.47 Å². The molecule has 52 valence electrons. The van der Waals surface area contributed by atoms with E-state index in [4.69, 9.17) is 0 Å². The number of ether oxygens (including phenoxy) is 2. The summed E-state index contributed by atoms with van der Waals surface area (Å²) in [5.74, 6) is -1.19. The number of hydrogen-bond acceptors (Lipinski definition) is 2. The van der Waals surface area contributed by atoms with Crippen LogP contribution in [0.15, 0.2) is 12.0 Å². The van der Waals surface area contributed by atoms with Crippen molar-refractivity contribution in [3.63, 3.8) is 0 Å². The molecule has 0 aromatic rings. The van der Waals surface area contributed by atoms with Gasteiger partial charge in [-0.15, -0.1) is 0 Å². The maximum absolute atomic E-state index is 12.0. The van der Waals surface area contributed by atoms with Crippen LogP contribution in [0, 0.1) is 0 Å². The van der Waals surface area contributed by atoms with E-state index < -0.39 is 17.8 Å². The molecule has 0 atom stereocenters. The molecule has 0 aliphatic carbocycles. The average Bonchev–Trinajstić information content (AvgIpc) is 1.79. The van der Waals surface area contributed by atoms with Gasteiger partial charge >= 0.3 is 12.0 Å². The van der Waals surface area contributed by atoms with Crippen molar-refractivity contribution in [1.29, 1.82) is 0 Å². The van der Waals surface area contributed by atoms with Crippen LogP contribution in [0.4, 0.5) is 8.78 Å². The lowest BCUT2D eigenvalue weighted by molar-refractivity contribution is -0.139. The molecule has 1 aliphatic rings. The Balaban J connectivity index is 2.70. The smallest absolute Gasteiger partial charge is 0.350 e. The molecule has 4 heteroatoms. The molecule has 0 aromatic heterocycles. The first kappa shape index (κ1) is 6.32. The largest absolute Gasteiger partial charge is 0.424 e. The number of halogens is 2. The first-order valence-electron chi connectivity index (χ1n) is 2.44. The molecule has 2 nitrogen and oxygen atoms in total. The molecule has 0 bridgehead atoms. The molecule has 0 saturated carbocycles. The quantitative estimate of drug-likeness (QED) is 0.505. The Hall–Kier alpha value is -0.800. The van der Waals surface area contributed by atoms with Crippen LogP contribution in [0.3, 0.4) is 0 Å². The predicted molar refractivity (Wildman–Crippen MR) is 25.5 cm³/mol. The molecule has 0 amide bonds. The average molecular weight is 136 g/mol. The fourth-order valence-corrected chi connectivity index (χ4v) is 0.533. The number of rotatable bonds is 0. The molecule has 1 heterocycles. The number of hydrogen-bond donors (Lipinski definition) is 0. The molecular formula is C5H6F2O2. The van der Waals surface area contributed by atoms with Gasteiger partial charge in [-0.1, -0.05) is 0 Å². The lowest BCUT2D eigenvalue weighted by atomic mass is 10.4. The predicted octanol–water partition coefficient (Wildman–Crippen LogP) is 1.83. The van der Waals surface area contributed by atoms with E-state index in [0.717, 1.165) is 0 Å². The van der Waals surface area contributed by atoms with Crippen molar-refractivity contribution < 1.29 is 18.3 Å². The van der Waals surface area contributed by atoms with Gasteiger partial charge in [0.15, 0.2) is 0 Å². The third-order valence-corrected chi connectivity index (χ3v) is 0.825. The Morgan fingerprint density at radius 1 is 1.11 bits per heavy atom. The van der Waals surface area contributed by atoms with Crippen molar-refractivity contribution in [3.8, 4) is 0 Å². The lowest BCUT2D eigenvalue weighted by Gasteiger charge is -2.15. The fraction of sp³-hybridized carbons (Fsp3) is 0.600. The van der Waals surface area contributed by atoms with Gasteiger partial charge in [0.1, 0.15) is 0 Å². The molecule has 0 spiro atoms. The van der Waals surface area contributed by atoms with Crippen LogP contribution in [0.5, 0.6) is 0 Å². The van der Waals surface area contributed by atoms with Gasteiger partial charge in [-0.3, -0.25) is 0 Å². The van der Waals surface area contributed by atoms with E-state index in [-0.39, 0.29) is 0 Å². The third-order valence-electron chi connectivity index (χ3n) is 0.825. The fourth-order valence-electron chi connectivity index (χ4n) is 0.533. The summed E-state index contributed by atoms with van der Waals surface area (Å²) in [6.45, 7) is 2.83. The summed E-state index contributed by atoms with van der Waals surface area (Å²) in [4.78, 5) is 0. The summed E-state index contributed by atoms with van der Waals surface area (Å²) in [5.41, 5.74) is 0. The zero-order valence-electron chi connectivity index (χ0n) is 5.07. The third kappa shape index (κ3) is 1.12. The van der Waals surface area contributed by atoms with Gasteiger partial charge in [0.05, 0.1) is 0 Å². The molecule has 1 aliphatic heterocycles. The molecule has 0 radical (unpaired) electrons. The SMILES string of the molecule is CC1(C)OC(F)=C(F)O1. The van der Waals surface area contributed by atoms with Gasteiger partial charge in [0, 0.05) is 13.8 Å². The van der Waals surface area contributed by atoms with Crippen molar-refractivity contribution in [2.45, 2.75) is 19.6 Å². The molecule has 1 rings (SSSR count). The minimum atomic E-state index is -1.28. The van der Waals surface area contributed by atoms with Crippen LogP contribution in [-0.2, 0) is 9.47 Å². The van der Waals surface area contributed by atoms with Crippen molar-refractivity contribution in [1.82, 2.24) is 0 Å². The maximum atomic E-state index is 12.0. The van der Waals surface area contributed by atoms with E-state index >= 15 is 0 Å². The van der Waals surface area contributed by atoms with E-state index in [1.165, 1.54) is 13.8 Å². The first-order valence-corrected chi connectivity index (χ1v) is 2.44. The van der Waals surface area contributed by atoms with Crippen molar-refractivity contribution >= 4 is 0 Å². The Labute approximate surface area is 51.1 Å². The Bertz CT molecular complexity index is 146. The zero-order valence-corrected chi connectivity index (χ0v) is 5.07. The molecule has 9 heavy (non-hydrogen) atoms. The van der Waals surface area contributed by atoms with Crippen LogP contribution in [0.2, 0.25) is 0 Å². The highest BCUT2D eigenvalue weighted by atomic mass is 19.2. The van der Waals surface area contributed by atoms with E-state index in [2.05, 4.69) is 9.47 Å². The van der Waals surface area contributed by atoms with Gasteiger partial charge in [-0.25, -0.2) is 0 Å². The van der Waals surface area contributed by atoms with Crippen molar-refractivity contribution in [2.75, 3.05) is 0 Å². The molecular weight excluding hydrogens is 130 g/mol. The molecule has 0 saturated heterocycles. The molecule has 0 N–H and O–H groups in total. The van der Waals surface area contributed by atoms with Gasteiger partial charge in [0.2, 0.25) is 0 Å². The van der Waals surface area contributed by atoms with Crippen LogP contribution in [0.25, 0.3) is 0 Å². The van der Waals surface area contributed by atoms with E-state index in [1.54, 1.807) is 0 Å². The van der Waals surface area contributed by atoms with Crippen molar-refractivity contribution in [2.24, 2.45) is 0 Å². The normalized spacial score (nSPS) is 23.6. The van der Waals surface area contributed by atoms with E-state index in [0.29, 0.717) is 0 Å². The summed E-state index contributed by atoms with van der Waals surface area (Å²) in [5, 5.41) is 0. The second-order valence-corrected chi connectivity index (χ2v) is 2.15. The minimum Gasteiger partial charge on any atom is -0.424 e. The standard InChI is InChI=1S/C5H6F2O2/c1-5(2)8-3(6)4(7)9-5/h1-2H3. The minimum absolute atomic E-state index is 1.19. The lowest BCUT2D eigenvalue weighted by Crippen LogP contribution is -2.20. The second kappa shape index (κ2) is 1.59. The Morgan fingerprint density at radius 3 is 1.56 bits per heavy atom. The zero-order chi connectivity index (χ0) is 7.07. The Morgan fingerprint density at radius 2 is 1.44 bits per heavy atom. The highest BCUT2D eigenvalue weighted by molar-refractivity contribution is 4.91. The van der Waals surface area contributed by atoms with Crippen LogP contribution < -0.4 is 0 Å². The van der Waals surface area contributed by atoms with Crippen LogP contribution >= 0.6 is 0 Å². The van der Waals surface area contributed by atoms with E-state index in [1.807, 2.05) is 0 Å². The van der Waals surface area contributed by atoms with Gasteiger partial charge in [0.25, 0.3) is 5.79 Å². The summed E-state index contributed by atoms with van der Waals surface area (Å²) >= 11 is 0.